The number of anilines is 1. The van der Waals surface area contributed by atoms with Crippen LogP contribution in [0.5, 0.6) is 0 Å². The van der Waals surface area contributed by atoms with Gasteiger partial charge in [0, 0.05) is 30.9 Å². The highest BCUT2D eigenvalue weighted by molar-refractivity contribution is 5.95. The zero-order valence-corrected chi connectivity index (χ0v) is 13.5. The Hall–Kier alpha value is -1.51. The molecule has 0 spiro atoms. The van der Waals surface area contributed by atoms with Crippen molar-refractivity contribution in [3.05, 3.63) is 29.3 Å². The summed E-state index contributed by atoms with van der Waals surface area (Å²) in [4.78, 5) is 14.7. The molecule has 0 aliphatic carbocycles. The van der Waals surface area contributed by atoms with Crippen molar-refractivity contribution in [2.45, 2.75) is 52.4 Å². The van der Waals surface area contributed by atoms with Gasteiger partial charge in [-0.2, -0.15) is 0 Å². The highest BCUT2D eigenvalue weighted by Gasteiger charge is 2.17. The largest absolute Gasteiger partial charge is 0.385 e. The first-order valence-corrected chi connectivity index (χ1v) is 8.36. The van der Waals surface area contributed by atoms with Crippen LogP contribution in [0.15, 0.2) is 18.2 Å². The molecule has 1 aromatic carbocycles. The summed E-state index contributed by atoms with van der Waals surface area (Å²) in [6.45, 7) is 7.02. The minimum Gasteiger partial charge on any atom is -0.385 e. The summed E-state index contributed by atoms with van der Waals surface area (Å²) >= 11 is 0. The summed E-state index contributed by atoms with van der Waals surface area (Å²) in [6.07, 6.45) is 7.21. The average molecular weight is 288 g/mol. The molecule has 3 heteroatoms. The standard InChI is InChI=1S/C18H28N2O/c1-3-11-19-17-10-9-16(14-15(17)2)18(21)20-12-7-5-4-6-8-13-20/h9-10,14,19H,3-8,11-13H2,1-2H3. The highest BCUT2D eigenvalue weighted by Crippen LogP contribution is 2.19. The maximum atomic E-state index is 12.6. The second-order valence-electron chi connectivity index (χ2n) is 6.02. The molecule has 3 nitrogen and oxygen atoms in total. The van der Waals surface area contributed by atoms with Gasteiger partial charge in [-0.25, -0.2) is 0 Å². The van der Waals surface area contributed by atoms with Crippen molar-refractivity contribution >= 4 is 11.6 Å². The number of nitrogens with one attached hydrogen (secondary N) is 1. The number of rotatable bonds is 4. The fourth-order valence-corrected chi connectivity index (χ4v) is 2.89. The Labute approximate surface area is 128 Å². The van der Waals surface area contributed by atoms with Crippen molar-refractivity contribution in [1.29, 1.82) is 0 Å². The molecule has 1 N–H and O–H groups in total. The molecule has 2 rings (SSSR count). The van der Waals surface area contributed by atoms with Crippen LogP contribution < -0.4 is 5.32 Å². The van der Waals surface area contributed by atoms with Gasteiger partial charge in [0.1, 0.15) is 0 Å². The molecule has 116 valence electrons. The van der Waals surface area contributed by atoms with Gasteiger partial charge in [-0.3, -0.25) is 4.79 Å². The van der Waals surface area contributed by atoms with Gasteiger partial charge in [-0.1, -0.05) is 26.2 Å². The zero-order valence-electron chi connectivity index (χ0n) is 13.5. The van der Waals surface area contributed by atoms with Gasteiger partial charge in [-0.15, -0.1) is 0 Å². The Kier molecular flexibility index (Phi) is 6.09. The van der Waals surface area contributed by atoms with Crippen LogP contribution >= 0.6 is 0 Å². The lowest BCUT2D eigenvalue weighted by Gasteiger charge is -2.25. The molecular weight excluding hydrogens is 260 g/mol. The molecule has 0 atom stereocenters. The van der Waals surface area contributed by atoms with Gasteiger partial charge in [0.2, 0.25) is 0 Å². The van der Waals surface area contributed by atoms with E-state index in [2.05, 4.69) is 19.2 Å². The molecule has 1 aliphatic rings. The Morgan fingerprint density at radius 1 is 1.14 bits per heavy atom. The summed E-state index contributed by atoms with van der Waals surface area (Å²) in [7, 11) is 0. The molecule has 21 heavy (non-hydrogen) atoms. The molecule has 0 unspecified atom stereocenters. The van der Waals surface area contributed by atoms with Gasteiger partial charge < -0.3 is 10.2 Å². The third kappa shape index (κ3) is 4.48. The van der Waals surface area contributed by atoms with Crippen LogP contribution in [0.3, 0.4) is 0 Å². The molecule has 1 aliphatic heterocycles. The Morgan fingerprint density at radius 2 is 1.81 bits per heavy atom. The van der Waals surface area contributed by atoms with Crippen LogP contribution in [0.25, 0.3) is 0 Å². The van der Waals surface area contributed by atoms with E-state index in [0.29, 0.717) is 0 Å². The zero-order chi connectivity index (χ0) is 15.1. The molecule has 1 fully saturated rings. The number of carbonyl (C=O) groups excluding carboxylic acids is 1. The van der Waals surface area contributed by atoms with Crippen LogP contribution in [0.1, 0.15) is 61.4 Å². The number of benzene rings is 1. The number of hydrogen-bond acceptors (Lipinski definition) is 2. The fraction of sp³-hybridized carbons (Fsp3) is 0.611. The predicted molar refractivity (Wildman–Crippen MR) is 88.9 cm³/mol. The number of carbonyl (C=O) groups is 1. The summed E-state index contributed by atoms with van der Waals surface area (Å²) in [5.41, 5.74) is 3.12. The minimum absolute atomic E-state index is 0.196. The maximum Gasteiger partial charge on any atom is 0.253 e. The van der Waals surface area contributed by atoms with Crippen LogP contribution in [0.2, 0.25) is 0 Å². The van der Waals surface area contributed by atoms with Gasteiger partial charge >= 0.3 is 0 Å². The first-order valence-electron chi connectivity index (χ1n) is 8.36. The van der Waals surface area contributed by atoms with Crippen LogP contribution in [-0.4, -0.2) is 30.4 Å². The lowest BCUT2D eigenvalue weighted by molar-refractivity contribution is 0.0742. The number of aryl methyl sites for hydroxylation is 1. The van der Waals surface area contributed by atoms with Crippen molar-refractivity contribution in [3.63, 3.8) is 0 Å². The Bertz CT molecular complexity index is 462. The van der Waals surface area contributed by atoms with Crippen molar-refractivity contribution in [1.82, 2.24) is 4.90 Å². The van der Waals surface area contributed by atoms with Crippen molar-refractivity contribution in [2.75, 3.05) is 25.0 Å². The van der Waals surface area contributed by atoms with Gasteiger partial charge in [-0.05, 0) is 49.9 Å². The van der Waals surface area contributed by atoms with Crippen LogP contribution in [0, 0.1) is 6.92 Å². The number of nitrogens with zero attached hydrogens (tertiary/aromatic N) is 1. The smallest absolute Gasteiger partial charge is 0.253 e. The molecule has 1 saturated heterocycles. The van der Waals surface area contributed by atoms with Gasteiger partial charge in [0.15, 0.2) is 0 Å². The monoisotopic (exact) mass is 288 g/mol. The molecule has 0 aromatic heterocycles. The molecular formula is C18H28N2O. The Morgan fingerprint density at radius 3 is 2.43 bits per heavy atom. The van der Waals surface area contributed by atoms with Gasteiger partial charge in [0.05, 0.1) is 0 Å². The maximum absolute atomic E-state index is 12.6. The first kappa shape index (κ1) is 15.9. The van der Waals surface area contributed by atoms with E-state index in [0.717, 1.165) is 55.7 Å². The summed E-state index contributed by atoms with van der Waals surface area (Å²) in [5.74, 6) is 0.196. The fourth-order valence-electron chi connectivity index (χ4n) is 2.89. The molecule has 1 heterocycles. The van der Waals surface area contributed by atoms with E-state index in [1.807, 2.05) is 23.1 Å². The SMILES string of the molecule is CCCNc1ccc(C(=O)N2CCCCCCC2)cc1C. The minimum atomic E-state index is 0.196. The highest BCUT2D eigenvalue weighted by atomic mass is 16.2. The van der Waals surface area contributed by atoms with E-state index in [1.54, 1.807) is 0 Å². The quantitative estimate of drug-likeness (QED) is 0.899. The molecule has 0 radical (unpaired) electrons. The number of amides is 1. The third-order valence-corrected chi connectivity index (χ3v) is 4.18. The normalized spacial score (nSPS) is 16.2. The van der Waals surface area contributed by atoms with Crippen LogP contribution in [-0.2, 0) is 0 Å². The molecule has 1 aromatic rings. The van der Waals surface area contributed by atoms with Crippen molar-refractivity contribution in [2.24, 2.45) is 0 Å². The second kappa shape index (κ2) is 8.06. The lowest BCUT2D eigenvalue weighted by atomic mass is 10.1. The number of hydrogen-bond donors (Lipinski definition) is 1. The first-order chi connectivity index (χ1) is 10.2. The molecule has 1 amide bonds. The second-order valence-corrected chi connectivity index (χ2v) is 6.02. The van der Waals surface area contributed by atoms with Gasteiger partial charge in [0.25, 0.3) is 5.91 Å². The van der Waals surface area contributed by atoms with Crippen molar-refractivity contribution < 1.29 is 4.79 Å². The van der Waals surface area contributed by atoms with Crippen LogP contribution in [0.4, 0.5) is 5.69 Å². The average Bonchev–Trinajstić information content (AvgIpc) is 2.45. The summed E-state index contributed by atoms with van der Waals surface area (Å²) < 4.78 is 0. The molecule has 0 bridgehead atoms. The van der Waals surface area contributed by atoms with E-state index in [4.69, 9.17) is 0 Å². The van der Waals surface area contributed by atoms with Crippen molar-refractivity contribution in [3.8, 4) is 0 Å². The Balaban J connectivity index is 2.05. The van der Waals surface area contributed by atoms with E-state index in [-0.39, 0.29) is 5.91 Å². The summed E-state index contributed by atoms with van der Waals surface area (Å²) in [5, 5.41) is 3.40. The van der Waals surface area contributed by atoms with E-state index >= 15 is 0 Å². The third-order valence-electron chi connectivity index (χ3n) is 4.18. The predicted octanol–water partition coefficient (Wildman–Crippen LogP) is 4.22. The van der Waals surface area contributed by atoms with E-state index in [1.165, 1.54) is 19.3 Å². The van der Waals surface area contributed by atoms with E-state index < -0.39 is 0 Å². The molecule has 0 saturated carbocycles. The topological polar surface area (TPSA) is 32.3 Å². The lowest BCUT2D eigenvalue weighted by Crippen LogP contribution is -2.33. The summed E-state index contributed by atoms with van der Waals surface area (Å²) in [6, 6.07) is 6.04. The number of likely N-dealkylation sites (tertiary alicyclic amines) is 1. The van der Waals surface area contributed by atoms with E-state index in [9.17, 15) is 4.79 Å².